The number of rotatable bonds is 6. The van der Waals surface area contributed by atoms with Crippen molar-refractivity contribution in [2.75, 3.05) is 10.6 Å². The summed E-state index contributed by atoms with van der Waals surface area (Å²) in [6.07, 6.45) is 1.60. The molecule has 3 aromatic rings. The van der Waals surface area contributed by atoms with Gasteiger partial charge in [0, 0.05) is 12.3 Å². The average Bonchev–Trinajstić information content (AvgIpc) is 2.64. The van der Waals surface area contributed by atoms with Crippen molar-refractivity contribution >= 4 is 17.1 Å². The van der Waals surface area contributed by atoms with Gasteiger partial charge in [-0.05, 0) is 12.0 Å². The third-order valence-electron chi connectivity index (χ3n) is 3.97. The number of benzene rings is 1. The normalized spacial score (nSPS) is 12.1. The predicted octanol–water partition coefficient (Wildman–Crippen LogP) is 2.42. The van der Waals surface area contributed by atoms with E-state index in [1.54, 1.807) is 0 Å². The van der Waals surface area contributed by atoms with Crippen molar-refractivity contribution in [2.24, 2.45) is 0 Å². The fraction of sp³-hybridized carbons (Fsp3) is 0.167. The van der Waals surface area contributed by atoms with Crippen molar-refractivity contribution < 1.29 is 4.39 Å². The fourth-order valence-corrected chi connectivity index (χ4v) is 2.61. The van der Waals surface area contributed by atoms with Crippen LogP contribution in [0.1, 0.15) is 24.9 Å². The van der Waals surface area contributed by atoms with Gasteiger partial charge in [0.1, 0.15) is 22.9 Å². The quantitative estimate of drug-likeness (QED) is 0.599. The molecular formula is C18H16FN3O3. The van der Waals surface area contributed by atoms with E-state index in [0.717, 1.165) is 17.8 Å². The molecule has 25 heavy (non-hydrogen) atoms. The van der Waals surface area contributed by atoms with Gasteiger partial charge >= 0.3 is 0 Å². The van der Waals surface area contributed by atoms with Gasteiger partial charge in [-0.1, -0.05) is 37.3 Å². The number of anilines is 3. The van der Waals surface area contributed by atoms with Crippen LogP contribution in [-0.2, 0) is 0 Å². The Hall–Kier alpha value is -3.22. The van der Waals surface area contributed by atoms with E-state index < -0.39 is 22.2 Å². The summed E-state index contributed by atoms with van der Waals surface area (Å²) in [7, 11) is 0. The van der Waals surface area contributed by atoms with Crippen LogP contribution in [0.4, 0.5) is 21.5 Å². The van der Waals surface area contributed by atoms with Crippen molar-refractivity contribution in [3.8, 4) is 0 Å². The zero-order chi connectivity index (χ0) is 18.0. The van der Waals surface area contributed by atoms with Crippen LogP contribution in [0.25, 0.3) is 0 Å². The topological polar surface area (TPSA) is 91.1 Å². The maximum Gasteiger partial charge on any atom is 0.271 e. The largest absolute Gasteiger partial charge is 0.373 e. The number of hydrogen-bond acceptors (Lipinski definition) is 5. The molecule has 0 bridgehead atoms. The van der Waals surface area contributed by atoms with Crippen molar-refractivity contribution in [1.29, 1.82) is 0 Å². The van der Waals surface area contributed by atoms with Gasteiger partial charge in [0.2, 0.25) is 0 Å². The first-order valence-electron chi connectivity index (χ1n) is 7.81. The molecule has 0 spiro atoms. The molecule has 0 amide bonds. The molecule has 0 aliphatic heterocycles. The molecule has 128 valence electrons. The Morgan fingerprint density at radius 3 is 2.44 bits per heavy atom. The minimum absolute atomic E-state index is 0.0320. The summed E-state index contributed by atoms with van der Waals surface area (Å²) in [5.74, 6) is -0.661. The Bertz CT molecular complexity index is 1020. The van der Waals surface area contributed by atoms with Crippen molar-refractivity contribution in [2.45, 2.75) is 19.4 Å². The molecule has 1 unspecified atom stereocenters. The van der Waals surface area contributed by atoms with E-state index in [2.05, 4.69) is 15.6 Å². The van der Waals surface area contributed by atoms with Crippen LogP contribution in [0.5, 0.6) is 0 Å². The molecule has 0 aliphatic carbocycles. The Morgan fingerprint density at radius 2 is 1.76 bits per heavy atom. The highest BCUT2D eigenvalue weighted by Crippen LogP contribution is 2.26. The van der Waals surface area contributed by atoms with Gasteiger partial charge in [-0.15, -0.1) is 0 Å². The predicted molar refractivity (Wildman–Crippen MR) is 94.8 cm³/mol. The Balaban J connectivity index is 1.90. The van der Waals surface area contributed by atoms with E-state index in [9.17, 15) is 18.8 Å². The van der Waals surface area contributed by atoms with Gasteiger partial charge in [-0.2, -0.15) is 0 Å². The van der Waals surface area contributed by atoms with Crippen LogP contribution >= 0.6 is 0 Å². The minimum atomic E-state index is -0.742. The highest BCUT2D eigenvalue weighted by atomic mass is 19.1. The van der Waals surface area contributed by atoms with E-state index in [1.807, 2.05) is 37.3 Å². The van der Waals surface area contributed by atoms with Crippen molar-refractivity contribution in [3.63, 3.8) is 0 Å². The molecule has 1 aromatic heterocycles. The van der Waals surface area contributed by atoms with Crippen molar-refractivity contribution in [3.05, 3.63) is 84.8 Å². The van der Waals surface area contributed by atoms with E-state index in [1.165, 1.54) is 0 Å². The van der Waals surface area contributed by atoms with Crippen LogP contribution in [0.3, 0.4) is 0 Å². The lowest BCUT2D eigenvalue weighted by Gasteiger charge is -2.21. The first kappa shape index (κ1) is 16.6. The van der Waals surface area contributed by atoms with Crippen LogP contribution in [-0.4, -0.2) is 4.98 Å². The van der Waals surface area contributed by atoms with Gasteiger partial charge in [-0.25, -0.2) is 4.39 Å². The minimum Gasteiger partial charge on any atom is -0.373 e. The van der Waals surface area contributed by atoms with Gasteiger partial charge in [-0.3, -0.25) is 14.4 Å². The third kappa shape index (κ3) is 3.21. The molecular weight excluding hydrogens is 325 g/mol. The number of aromatic nitrogens is 1. The average molecular weight is 341 g/mol. The summed E-state index contributed by atoms with van der Waals surface area (Å²) >= 11 is 0. The first-order valence-corrected chi connectivity index (χ1v) is 7.81. The second-order valence-electron chi connectivity index (χ2n) is 5.61. The highest BCUT2D eigenvalue weighted by Gasteiger charge is 2.24. The van der Waals surface area contributed by atoms with Gasteiger partial charge in [0.05, 0.1) is 6.04 Å². The number of aromatic amines is 1. The molecule has 3 rings (SSSR count). The smallest absolute Gasteiger partial charge is 0.271 e. The number of hydrogen-bond donors (Lipinski definition) is 3. The molecule has 0 saturated heterocycles. The Kier molecular flexibility index (Phi) is 4.47. The summed E-state index contributed by atoms with van der Waals surface area (Å²) in [5, 5.41) is 5.61. The van der Waals surface area contributed by atoms with Crippen LogP contribution in [0.15, 0.2) is 57.0 Å². The monoisotopic (exact) mass is 341 g/mol. The van der Waals surface area contributed by atoms with Crippen molar-refractivity contribution in [1.82, 2.24) is 4.98 Å². The molecule has 0 saturated carbocycles. The van der Waals surface area contributed by atoms with E-state index in [0.29, 0.717) is 6.42 Å². The summed E-state index contributed by atoms with van der Waals surface area (Å²) < 4.78 is 13.3. The number of H-pyrrole nitrogens is 1. The van der Waals surface area contributed by atoms with Crippen LogP contribution in [0, 0.1) is 5.82 Å². The number of halogens is 1. The molecule has 0 fully saturated rings. The molecule has 0 radical (unpaired) electrons. The van der Waals surface area contributed by atoms with E-state index >= 15 is 0 Å². The van der Waals surface area contributed by atoms with Crippen LogP contribution in [0.2, 0.25) is 0 Å². The van der Waals surface area contributed by atoms with Gasteiger partial charge in [0.25, 0.3) is 16.4 Å². The Morgan fingerprint density at radius 1 is 1.08 bits per heavy atom. The van der Waals surface area contributed by atoms with E-state index in [-0.39, 0.29) is 23.1 Å². The summed E-state index contributed by atoms with van der Waals surface area (Å²) in [4.78, 5) is 37.7. The molecule has 2 aromatic carbocycles. The molecule has 3 N–H and O–H groups in total. The second-order valence-corrected chi connectivity index (χ2v) is 5.61. The zero-order valence-corrected chi connectivity index (χ0v) is 13.4. The molecule has 7 heteroatoms. The summed E-state index contributed by atoms with van der Waals surface area (Å²) in [6.45, 7) is 1.95. The summed E-state index contributed by atoms with van der Waals surface area (Å²) in [6, 6.07) is 10.3. The van der Waals surface area contributed by atoms with Gasteiger partial charge < -0.3 is 15.6 Å². The fourth-order valence-electron chi connectivity index (χ4n) is 2.61. The highest BCUT2D eigenvalue weighted by molar-refractivity contribution is 5.78. The number of nitrogens with one attached hydrogen (secondary N) is 3. The lowest BCUT2D eigenvalue weighted by molar-refractivity contribution is 0.621. The maximum atomic E-state index is 13.3. The molecule has 6 nitrogen and oxygen atoms in total. The Labute approximate surface area is 142 Å². The van der Waals surface area contributed by atoms with E-state index in [4.69, 9.17) is 0 Å². The molecule has 1 atom stereocenters. The SMILES string of the molecule is CCC(Nc1c(Nc2cc(F)c[nH]c2=O)c(=O)c1=O)c1ccccc1. The second kappa shape index (κ2) is 6.72. The standard InChI is InChI=1S/C18H16FN3O3/c1-2-12(10-6-4-3-5-7-10)21-14-15(17(24)16(14)23)22-13-8-11(19)9-20-18(13)25/h3-9,12,21-22H,2H2,1H3,(H,20,25). The first-order chi connectivity index (χ1) is 12.0. The maximum absolute atomic E-state index is 13.3. The molecule has 1 heterocycles. The lowest BCUT2D eigenvalue weighted by atomic mass is 10.0. The number of pyridine rings is 1. The zero-order valence-electron chi connectivity index (χ0n) is 13.4. The molecule has 0 aliphatic rings. The third-order valence-corrected chi connectivity index (χ3v) is 3.97. The summed E-state index contributed by atoms with van der Waals surface area (Å²) in [5.41, 5.74) is -1.09. The van der Waals surface area contributed by atoms with Gasteiger partial charge in [0.15, 0.2) is 0 Å². The lowest BCUT2D eigenvalue weighted by Crippen LogP contribution is -2.38. The van der Waals surface area contributed by atoms with Crippen LogP contribution < -0.4 is 27.1 Å².